The monoisotopic (exact) mass is 202 g/mol. The van der Waals surface area contributed by atoms with Crippen LogP contribution in [-0.4, -0.2) is 9.97 Å². The fourth-order valence-electron chi connectivity index (χ4n) is 1.16. The number of imidazole rings is 1. The van der Waals surface area contributed by atoms with Crippen LogP contribution in [-0.2, 0) is 0 Å². The van der Waals surface area contributed by atoms with Gasteiger partial charge in [-0.05, 0) is 12.1 Å². The number of aromatic nitrogens is 2. The molecule has 0 radical (unpaired) electrons. The number of fused-ring (bicyclic) bond motifs is 1. The van der Waals surface area contributed by atoms with Crippen LogP contribution in [0.1, 0.15) is 12.0 Å². The molecule has 1 N–H and O–H groups in total. The first-order valence-electron chi connectivity index (χ1n) is 3.60. The van der Waals surface area contributed by atoms with Crippen LogP contribution in [0.2, 0.25) is 5.02 Å². The highest BCUT2D eigenvalue weighted by atomic mass is 35.5. The Balaban J connectivity index is 2.73. The molecule has 0 fully saturated rings. The third-order valence-electron chi connectivity index (χ3n) is 1.79. The Morgan fingerprint density at radius 1 is 1.38 bits per heavy atom. The lowest BCUT2D eigenvalue weighted by Crippen LogP contribution is -1.86. The molecule has 0 spiro atoms. The molecule has 0 aliphatic carbocycles. The lowest BCUT2D eigenvalue weighted by atomic mass is 10.2. The predicted molar refractivity (Wildman–Crippen MR) is 46.1 cm³/mol. The van der Waals surface area contributed by atoms with Crippen molar-refractivity contribution in [3.63, 3.8) is 0 Å². The van der Waals surface area contributed by atoms with Gasteiger partial charge in [0.05, 0.1) is 16.9 Å². The Kier molecular flexibility index (Phi) is 1.92. The molecule has 0 bridgehead atoms. The minimum atomic E-state index is -2.56. The first kappa shape index (κ1) is 8.44. The molecule has 2 rings (SSSR count). The Bertz CT molecular complexity index is 439. The van der Waals surface area contributed by atoms with E-state index in [-0.39, 0.29) is 10.6 Å². The van der Waals surface area contributed by atoms with Crippen LogP contribution in [0.3, 0.4) is 0 Å². The van der Waals surface area contributed by atoms with Crippen LogP contribution in [0.15, 0.2) is 18.5 Å². The summed E-state index contributed by atoms with van der Waals surface area (Å²) < 4.78 is 24.7. The summed E-state index contributed by atoms with van der Waals surface area (Å²) in [5.41, 5.74) is 0.870. The van der Waals surface area contributed by atoms with E-state index in [1.807, 2.05) is 0 Å². The van der Waals surface area contributed by atoms with Gasteiger partial charge in [-0.15, -0.1) is 0 Å². The largest absolute Gasteiger partial charge is 0.345 e. The van der Waals surface area contributed by atoms with Crippen LogP contribution in [0, 0.1) is 0 Å². The second-order valence-corrected chi connectivity index (χ2v) is 2.95. The number of nitrogens with zero attached hydrogens (tertiary/aromatic N) is 1. The molecule has 68 valence electrons. The van der Waals surface area contributed by atoms with Gasteiger partial charge in [0.1, 0.15) is 5.52 Å². The summed E-state index contributed by atoms with van der Waals surface area (Å²) >= 11 is 5.72. The van der Waals surface area contributed by atoms with Crippen LogP contribution < -0.4 is 0 Å². The summed E-state index contributed by atoms with van der Waals surface area (Å²) in [6, 6.07) is 2.84. The Morgan fingerprint density at radius 2 is 2.15 bits per heavy atom. The molecule has 13 heavy (non-hydrogen) atoms. The molecule has 1 aromatic carbocycles. The Morgan fingerprint density at radius 3 is 2.85 bits per heavy atom. The van der Waals surface area contributed by atoms with Crippen LogP contribution in [0.25, 0.3) is 11.0 Å². The van der Waals surface area contributed by atoms with E-state index in [0.717, 1.165) is 0 Å². The lowest BCUT2D eigenvalue weighted by Gasteiger charge is -2.01. The minimum Gasteiger partial charge on any atom is -0.345 e. The van der Waals surface area contributed by atoms with Gasteiger partial charge in [0.25, 0.3) is 6.43 Å². The van der Waals surface area contributed by atoms with Gasteiger partial charge >= 0.3 is 0 Å². The highest BCUT2D eigenvalue weighted by Gasteiger charge is 2.14. The SMILES string of the molecule is FC(F)c1ccc2[nH]cnc2c1Cl. The van der Waals surface area contributed by atoms with E-state index < -0.39 is 6.43 Å². The highest BCUT2D eigenvalue weighted by molar-refractivity contribution is 6.35. The molecular formula is C8H5ClF2N2. The fraction of sp³-hybridized carbons (Fsp3) is 0.125. The number of hydrogen-bond acceptors (Lipinski definition) is 1. The molecule has 2 nitrogen and oxygen atoms in total. The zero-order chi connectivity index (χ0) is 9.42. The molecule has 2 aromatic rings. The summed E-state index contributed by atoms with van der Waals surface area (Å²) in [5, 5.41) is 0.0220. The second kappa shape index (κ2) is 2.96. The Labute approximate surface area is 77.5 Å². The number of rotatable bonds is 1. The average molecular weight is 203 g/mol. The van der Waals surface area contributed by atoms with Crippen molar-refractivity contribution < 1.29 is 8.78 Å². The Hall–Kier alpha value is -1.16. The maximum absolute atomic E-state index is 12.3. The number of hydrogen-bond donors (Lipinski definition) is 1. The van der Waals surface area contributed by atoms with Gasteiger partial charge in [0.15, 0.2) is 0 Å². The molecule has 0 unspecified atom stereocenters. The van der Waals surface area contributed by atoms with Crippen molar-refractivity contribution in [3.05, 3.63) is 29.0 Å². The van der Waals surface area contributed by atoms with Crippen molar-refractivity contribution >= 4 is 22.6 Å². The minimum absolute atomic E-state index is 0.0220. The molecule has 1 heterocycles. The molecule has 0 amide bonds. The fourth-order valence-corrected chi connectivity index (χ4v) is 1.45. The van der Waals surface area contributed by atoms with E-state index in [1.54, 1.807) is 0 Å². The molecule has 0 saturated heterocycles. The molecule has 0 aliphatic heterocycles. The molecule has 0 atom stereocenters. The normalized spacial score (nSPS) is 11.4. The summed E-state index contributed by atoms with van der Waals surface area (Å²) in [5.74, 6) is 0. The topological polar surface area (TPSA) is 28.7 Å². The van der Waals surface area contributed by atoms with Gasteiger partial charge in [0.2, 0.25) is 0 Å². The lowest BCUT2D eigenvalue weighted by molar-refractivity contribution is 0.151. The van der Waals surface area contributed by atoms with E-state index in [0.29, 0.717) is 11.0 Å². The van der Waals surface area contributed by atoms with Crippen molar-refractivity contribution in [2.75, 3.05) is 0 Å². The number of halogens is 3. The van der Waals surface area contributed by atoms with Crippen molar-refractivity contribution in [3.8, 4) is 0 Å². The standard InChI is InChI=1S/C8H5ClF2N2/c9-6-4(8(10)11)1-2-5-7(6)13-3-12-5/h1-3,8H,(H,12,13). The van der Waals surface area contributed by atoms with Gasteiger partial charge in [0, 0.05) is 5.56 Å². The second-order valence-electron chi connectivity index (χ2n) is 2.57. The smallest absolute Gasteiger partial charge is 0.265 e. The van der Waals surface area contributed by atoms with Gasteiger partial charge in [-0.1, -0.05) is 11.6 Å². The summed E-state index contributed by atoms with van der Waals surface area (Å²) in [4.78, 5) is 6.63. The molecule has 5 heteroatoms. The molecular weight excluding hydrogens is 198 g/mol. The first-order valence-corrected chi connectivity index (χ1v) is 3.97. The van der Waals surface area contributed by atoms with Gasteiger partial charge in [-0.25, -0.2) is 13.8 Å². The molecule has 1 aromatic heterocycles. The maximum atomic E-state index is 12.3. The summed E-state index contributed by atoms with van der Waals surface area (Å²) in [6.07, 6.45) is -1.14. The maximum Gasteiger partial charge on any atom is 0.265 e. The zero-order valence-corrected chi connectivity index (χ0v) is 7.15. The summed E-state index contributed by atoms with van der Waals surface area (Å²) in [7, 11) is 0. The van der Waals surface area contributed by atoms with Crippen molar-refractivity contribution in [2.45, 2.75) is 6.43 Å². The number of aromatic amines is 1. The van der Waals surface area contributed by atoms with E-state index in [2.05, 4.69) is 9.97 Å². The van der Waals surface area contributed by atoms with Crippen LogP contribution in [0.4, 0.5) is 8.78 Å². The van der Waals surface area contributed by atoms with E-state index in [9.17, 15) is 8.78 Å². The number of nitrogens with one attached hydrogen (secondary N) is 1. The predicted octanol–water partition coefficient (Wildman–Crippen LogP) is 3.15. The van der Waals surface area contributed by atoms with E-state index >= 15 is 0 Å². The molecule has 0 saturated carbocycles. The van der Waals surface area contributed by atoms with Crippen molar-refractivity contribution in [2.24, 2.45) is 0 Å². The van der Waals surface area contributed by atoms with Gasteiger partial charge < -0.3 is 4.98 Å². The van der Waals surface area contributed by atoms with Crippen LogP contribution in [0.5, 0.6) is 0 Å². The van der Waals surface area contributed by atoms with Gasteiger partial charge in [-0.2, -0.15) is 0 Å². The molecule has 0 aliphatic rings. The van der Waals surface area contributed by atoms with E-state index in [1.165, 1.54) is 18.5 Å². The highest BCUT2D eigenvalue weighted by Crippen LogP contribution is 2.31. The third kappa shape index (κ3) is 1.27. The number of benzene rings is 1. The zero-order valence-electron chi connectivity index (χ0n) is 6.39. The van der Waals surface area contributed by atoms with Crippen LogP contribution >= 0.6 is 11.6 Å². The van der Waals surface area contributed by atoms with Gasteiger partial charge in [-0.3, -0.25) is 0 Å². The first-order chi connectivity index (χ1) is 6.20. The number of H-pyrrole nitrogens is 1. The summed E-state index contributed by atoms with van der Waals surface area (Å²) in [6.45, 7) is 0. The number of alkyl halides is 2. The van der Waals surface area contributed by atoms with E-state index in [4.69, 9.17) is 11.6 Å². The quantitative estimate of drug-likeness (QED) is 0.756. The van der Waals surface area contributed by atoms with Crippen molar-refractivity contribution in [1.29, 1.82) is 0 Å². The average Bonchev–Trinajstić information content (AvgIpc) is 2.52. The third-order valence-corrected chi connectivity index (χ3v) is 2.19. The van der Waals surface area contributed by atoms with Crippen molar-refractivity contribution in [1.82, 2.24) is 9.97 Å².